The van der Waals surface area contributed by atoms with Gasteiger partial charge in [0.15, 0.2) is 0 Å². The Labute approximate surface area is 875 Å². The summed E-state index contributed by atoms with van der Waals surface area (Å²) in [4.78, 5) is 0. The highest BCUT2D eigenvalue weighted by Gasteiger charge is 2.40. The van der Waals surface area contributed by atoms with Crippen molar-refractivity contribution in [1.82, 2.24) is 0 Å². The van der Waals surface area contributed by atoms with Crippen LogP contribution in [0.2, 0.25) is 5.02 Å². The highest BCUT2D eigenvalue weighted by atomic mass is 35.5. The number of allylic oxidation sites excluding steroid dienone is 2. The van der Waals surface area contributed by atoms with Crippen LogP contribution in [0.5, 0.6) is 0 Å². The van der Waals surface area contributed by atoms with E-state index in [9.17, 15) is 0 Å². The van der Waals surface area contributed by atoms with Crippen molar-refractivity contribution < 1.29 is 48.6 Å². The largest absolute Gasteiger partial charge is 0.416 e. The van der Waals surface area contributed by atoms with Crippen molar-refractivity contribution in [3.8, 4) is 156 Å². The van der Waals surface area contributed by atoms with Crippen molar-refractivity contribution in [2.24, 2.45) is 0 Å². The van der Waals surface area contributed by atoms with E-state index in [2.05, 4.69) is 209 Å². The van der Waals surface area contributed by atoms with Crippen LogP contribution >= 0.6 is 11.6 Å². The van der Waals surface area contributed by atoms with Crippen molar-refractivity contribution in [3.63, 3.8) is 0 Å². The molecule has 0 saturated carbocycles. The smallest absolute Gasteiger partial charge is 0.380 e. The fourth-order valence-electron chi connectivity index (χ4n) is 20.2. The molecule has 0 amide bonds. The van der Waals surface area contributed by atoms with E-state index in [1.807, 2.05) is 158 Å². The first-order chi connectivity index (χ1) is 72.8. The topological polar surface area (TPSA) is 9.23 Å². The second-order valence-electron chi connectivity index (χ2n) is 38.1. The number of alkyl halides is 6. The molecule has 740 valence electrons. The third-order valence-electron chi connectivity index (χ3n) is 27.7. The van der Waals surface area contributed by atoms with E-state index in [1.165, 1.54) is 36.4 Å². The molecule has 0 bridgehead atoms. The lowest BCUT2D eigenvalue weighted by molar-refractivity contribution is -0.143. The quantitative estimate of drug-likeness (QED) is 0.0232. The third kappa shape index (κ3) is 23.2. The maximum Gasteiger partial charge on any atom is 0.416 e. The summed E-state index contributed by atoms with van der Waals surface area (Å²) in [5.41, 5.74) is 22.1. The fourth-order valence-corrected chi connectivity index (χ4v) is 20.3. The molecule has 0 aliphatic rings. The fraction of sp³-hybridized carbons (Fsp3) is 0.101. The molecule has 150 heavy (non-hydrogen) atoms. The Hall–Kier alpha value is -16.6. The summed E-state index contributed by atoms with van der Waals surface area (Å²) in [5.74, 6) is -2.79. The van der Waals surface area contributed by atoms with Crippen LogP contribution in [0.15, 0.2) is 431 Å². The van der Waals surface area contributed by atoms with Crippen molar-refractivity contribution in [2.45, 2.75) is 84.2 Å². The standard InChI is InChI=1S/C138H105ClF10O/c1-6-7-8-9-10-13-29-93-44-52-102(53-45-93)123-84-111(75-78-121(123)119-37-19-18-33-112(119)88-150-5)133-132(107-58-50-96(51-59-107)42-43-97-32-23-35-117(140)80-97)134(122-79-74-110(85-127(122)143)109-34-24-36-118(141)83-109)131(108-68-60-98(61-69-108)90(4)113-81-114(137(144,145)146)86-115(82-113)138(147,148)149)128(89(2)3)135(133)136-129(105-56-48-94(49-57-105)31-22-30-91-25-14-11-15-26-91)125(104-64-62-99(63-65-104)100-72-76-116(139)77-73-100)87-124(103-54-46-95(47-55-103)41-40-92-27-16-12-17-28-92)130(136)106-70-66-101(67-71-106)120-38-20-21-39-126(120)142/h11-29,31-87,89H,4,6-10,30,88H2,1-3,5H3/b29-13+,31-22+,41-40+,43-42+. The van der Waals surface area contributed by atoms with Crippen LogP contribution < -0.4 is 0 Å². The number of methoxy groups -OCH3 is 1. The van der Waals surface area contributed by atoms with Gasteiger partial charge < -0.3 is 4.74 Å². The van der Waals surface area contributed by atoms with Gasteiger partial charge >= 0.3 is 12.4 Å². The van der Waals surface area contributed by atoms with E-state index in [4.69, 9.17) is 16.3 Å². The van der Waals surface area contributed by atoms with E-state index in [-0.39, 0.29) is 29.4 Å². The Balaban J connectivity index is 1.04. The van der Waals surface area contributed by atoms with Gasteiger partial charge in [-0.2, -0.15) is 26.3 Å². The van der Waals surface area contributed by atoms with Crippen molar-refractivity contribution in [3.05, 3.63) is 532 Å². The molecule has 0 atom stereocenters. The molecular formula is C138H105ClF10O. The van der Waals surface area contributed by atoms with Gasteiger partial charge in [-0.1, -0.05) is 440 Å². The Bertz CT molecular complexity index is 8190. The number of halogens is 11. The van der Waals surface area contributed by atoms with Gasteiger partial charge in [-0.3, -0.25) is 0 Å². The molecule has 19 aromatic rings. The second-order valence-corrected chi connectivity index (χ2v) is 38.5. The minimum absolute atomic E-state index is 0.0816. The van der Waals surface area contributed by atoms with Crippen LogP contribution in [0.4, 0.5) is 43.9 Å². The first-order valence-electron chi connectivity index (χ1n) is 50.3. The van der Waals surface area contributed by atoms with Gasteiger partial charge in [0, 0.05) is 28.8 Å². The molecule has 1 nitrogen and oxygen atoms in total. The first kappa shape index (κ1) is 102. The lowest BCUT2D eigenvalue weighted by atomic mass is 9.69. The number of unbranched alkanes of at least 4 members (excludes halogenated alkanes) is 4. The number of rotatable bonds is 32. The Kier molecular flexibility index (Phi) is 31.2. The molecule has 0 radical (unpaired) electrons. The normalized spacial score (nSPS) is 11.9. The summed E-state index contributed by atoms with van der Waals surface area (Å²) in [6, 6.07) is 127. The molecule has 19 rings (SSSR count). The molecule has 0 heterocycles. The molecule has 0 spiro atoms. The molecule has 0 N–H and O–H groups in total. The van der Waals surface area contributed by atoms with Crippen LogP contribution in [0.1, 0.15) is 131 Å². The SMILES string of the molecule is C=C(c1ccc(-c2c(-c3ccc(-c4cccc(F)c4)cc3F)c(-c3ccc(/C=C/c4cccc(F)c4)cc3)c(-c3ccc(-c4ccccc4COC)c(-c4ccc(/C=C/CCCCCC)cc4)c3)c(-c3c(-c4ccc(/C=C/Cc5ccccc5)cc4)c(-c4ccc(-c5ccc(Cl)cc5)cc4)cc(-c4ccc(/C=C/c5ccccc5)cc4)c3-c3ccc(-c4ccccc4F)cc3)c2C(C)C)cc1)c1cc(C(F)(F)F)cc(C(F)(F)F)c1. The highest BCUT2D eigenvalue weighted by molar-refractivity contribution is 6.30. The molecule has 0 unspecified atom stereocenters. The highest BCUT2D eigenvalue weighted by Crippen LogP contribution is 2.62. The summed E-state index contributed by atoms with van der Waals surface area (Å²) in [6.45, 7) is 10.9. The van der Waals surface area contributed by atoms with Crippen LogP contribution in [0.3, 0.4) is 0 Å². The van der Waals surface area contributed by atoms with Gasteiger partial charge in [0.05, 0.1) is 17.7 Å². The van der Waals surface area contributed by atoms with E-state index in [0.717, 1.165) is 132 Å². The van der Waals surface area contributed by atoms with Crippen molar-refractivity contribution >= 4 is 53.6 Å². The number of hydrogen-bond acceptors (Lipinski definition) is 1. The van der Waals surface area contributed by atoms with Crippen molar-refractivity contribution in [2.75, 3.05) is 7.11 Å². The summed E-state index contributed by atoms with van der Waals surface area (Å²) in [6.07, 6.45) is 12.1. The van der Waals surface area contributed by atoms with E-state index in [1.54, 1.807) is 73.8 Å². The Morgan fingerprint density at radius 3 is 1.31 bits per heavy atom. The predicted molar refractivity (Wildman–Crippen MR) is 604 cm³/mol. The Morgan fingerprint density at radius 2 is 0.740 bits per heavy atom. The first-order valence-corrected chi connectivity index (χ1v) is 50.7. The van der Waals surface area contributed by atoms with Gasteiger partial charge in [-0.05, 0) is 310 Å². The van der Waals surface area contributed by atoms with Gasteiger partial charge in [-0.25, -0.2) is 17.6 Å². The third-order valence-corrected chi connectivity index (χ3v) is 27.9. The maximum absolute atomic E-state index is 20.1. The molecule has 19 aromatic carbocycles. The number of ether oxygens (including phenoxy) is 1. The van der Waals surface area contributed by atoms with E-state index < -0.39 is 58.2 Å². The van der Waals surface area contributed by atoms with Crippen LogP contribution in [0, 0.1) is 23.3 Å². The average molecular weight is 2000 g/mol. The number of benzene rings is 19. The molecule has 0 aliphatic heterocycles. The van der Waals surface area contributed by atoms with Gasteiger partial charge in [0.2, 0.25) is 0 Å². The molecule has 0 saturated heterocycles. The van der Waals surface area contributed by atoms with Crippen LogP contribution in [-0.2, 0) is 30.1 Å². The minimum Gasteiger partial charge on any atom is -0.380 e. The van der Waals surface area contributed by atoms with Crippen molar-refractivity contribution in [1.29, 1.82) is 0 Å². The van der Waals surface area contributed by atoms with E-state index >= 15 is 43.9 Å². The summed E-state index contributed by atoms with van der Waals surface area (Å²) < 4.78 is 165. The van der Waals surface area contributed by atoms with Gasteiger partial charge in [0.1, 0.15) is 23.3 Å². The van der Waals surface area contributed by atoms with E-state index in [0.29, 0.717) is 124 Å². The molecular weight excluding hydrogens is 1900 g/mol. The molecule has 0 aliphatic carbocycles. The second kappa shape index (κ2) is 45.8. The summed E-state index contributed by atoms with van der Waals surface area (Å²) in [7, 11) is 1.68. The van der Waals surface area contributed by atoms with Crippen LogP contribution in [0.25, 0.3) is 198 Å². The maximum atomic E-state index is 20.1. The summed E-state index contributed by atoms with van der Waals surface area (Å²) >= 11 is 6.67. The lowest BCUT2D eigenvalue weighted by Gasteiger charge is -2.33. The molecule has 0 fully saturated rings. The van der Waals surface area contributed by atoms with Crippen LogP contribution in [-0.4, -0.2) is 7.11 Å². The lowest BCUT2D eigenvalue weighted by Crippen LogP contribution is -2.11. The molecule has 12 heteroatoms. The van der Waals surface area contributed by atoms with Gasteiger partial charge in [0.25, 0.3) is 0 Å². The summed E-state index contributed by atoms with van der Waals surface area (Å²) in [5, 5.41) is 0.572. The zero-order chi connectivity index (χ0) is 104. The zero-order valence-corrected chi connectivity index (χ0v) is 83.9. The Morgan fingerprint density at radius 1 is 0.300 bits per heavy atom. The minimum atomic E-state index is -5.20. The average Bonchev–Trinajstić information content (AvgIpc) is 0.694. The number of hydrogen-bond donors (Lipinski definition) is 0. The monoisotopic (exact) mass is 2000 g/mol. The predicted octanol–water partition coefficient (Wildman–Crippen LogP) is 41.2. The molecule has 0 aromatic heterocycles. The zero-order valence-electron chi connectivity index (χ0n) is 83.2. The van der Waals surface area contributed by atoms with Gasteiger partial charge in [-0.15, -0.1) is 0 Å².